The second-order valence-electron chi connectivity index (χ2n) is 4.30. The third kappa shape index (κ3) is 15.8. The van der Waals surface area contributed by atoms with Crippen molar-refractivity contribution in [2.24, 2.45) is 0 Å². The molecule has 0 saturated heterocycles. The Hall–Kier alpha value is -0.160. The Balaban J connectivity index is 2.89. The Morgan fingerprint density at radius 2 is 1.35 bits per heavy atom. The van der Waals surface area contributed by atoms with Gasteiger partial charge in [0.15, 0.2) is 0 Å². The van der Waals surface area contributed by atoms with Gasteiger partial charge >= 0.3 is 0 Å². The fraction of sp³-hybridized carbons (Fsp3) is 1.00. The standard InChI is InChI=1S/C13H29NO3/c1-4-5-7-15-9-11-17-12-10-16-8-6-14-13(2)3/h13-14H,4-12H2,1-3H3. The summed E-state index contributed by atoms with van der Waals surface area (Å²) < 4.78 is 16.1. The van der Waals surface area contributed by atoms with Crippen LogP contribution < -0.4 is 5.32 Å². The Morgan fingerprint density at radius 1 is 0.824 bits per heavy atom. The lowest BCUT2D eigenvalue weighted by molar-refractivity contribution is 0.0145. The number of ether oxygens (including phenoxy) is 3. The molecule has 104 valence electrons. The molecule has 0 saturated carbocycles. The van der Waals surface area contributed by atoms with Crippen molar-refractivity contribution in [1.29, 1.82) is 0 Å². The molecule has 0 radical (unpaired) electrons. The Morgan fingerprint density at radius 3 is 1.88 bits per heavy atom. The van der Waals surface area contributed by atoms with Gasteiger partial charge < -0.3 is 19.5 Å². The van der Waals surface area contributed by atoms with Crippen LogP contribution in [0.5, 0.6) is 0 Å². The van der Waals surface area contributed by atoms with Gasteiger partial charge in [-0.1, -0.05) is 27.2 Å². The molecule has 0 rings (SSSR count). The first-order valence-corrected chi connectivity index (χ1v) is 6.74. The summed E-state index contributed by atoms with van der Waals surface area (Å²) in [6.07, 6.45) is 2.31. The van der Waals surface area contributed by atoms with Gasteiger partial charge in [-0.05, 0) is 6.42 Å². The van der Waals surface area contributed by atoms with E-state index in [4.69, 9.17) is 14.2 Å². The zero-order valence-electron chi connectivity index (χ0n) is 11.7. The normalized spacial score (nSPS) is 11.3. The highest BCUT2D eigenvalue weighted by atomic mass is 16.5. The molecule has 0 aromatic carbocycles. The van der Waals surface area contributed by atoms with Gasteiger partial charge in [0.2, 0.25) is 0 Å². The third-order valence-electron chi connectivity index (χ3n) is 2.19. The topological polar surface area (TPSA) is 39.7 Å². The maximum atomic E-state index is 5.40. The molecule has 0 aromatic rings. The summed E-state index contributed by atoms with van der Waals surface area (Å²) in [6.45, 7) is 11.6. The number of rotatable bonds is 13. The van der Waals surface area contributed by atoms with Gasteiger partial charge in [-0.25, -0.2) is 0 Å². The summed E-state index contributed by atoms with van der Waals surface area (Å²) >= 11 is 0. The van der Waals surface area contributed by atoms with E-state index in [1.165, 1.54) is 6.42 Å². The van der Waals surface area contributed by atoms with Crippen LogP contribution in [-0.2, 0) is 14.2 Å². The van der Waals surface area contributed by atoms with Crippen molar-refractivity contribution >= 4 is 0 Å². The first-order chi connectivity index (χ1) is 8.27. The number of hydrogen-bond donors (Lipinski definition) is 1. The van der Waals surface area contributed by atoms with Gasteiger partial charge in [-0.15, -0.1) is 0 Å². The van der Waals surface area contributed by atoms with Gasteiger partial charge in [-0.3, -0.25) is 0 Å². The zero-order chi connectivity index (χ0) is 12.8. The smallest absolute Gasteiger partial charge is 0.0701 e. The minimum absolute atomic E-state index is 0.523. The molecular formula is C13H29NO3. The number of hydrogen-bond acceptors (Lipinski definition) is 4. The molecule has 0 aliphatic rings. The minimum Gasteiger partial charge on any atom is -0.379 e. The predicted molar refractivity (Wildman–Crippen MR) is 70.5 cm³/mol. The van der Waals surface area contributed by atoms with Crippen LogP contribution in [0, 0.1) is 0 Å². The molecule has 4 heteroatoms. The summed E-state index contributed by atoms with van der Waals surface area (Å²) in [5.41, 5.74) is 0. The van der Waals surface area contributed by atoms with Crippen molar-refractivity contribution in [2.75, 3.05) is 46.2 Å². The van der Waals surface area contributed by atoms with Gasteiger partial charge in [-0.2, -0.15) is 0 Å². The number of nitrogens with one attached hydrogen (secondary N) is 1. The van der Waals surface area contributed by atoms with Gasteiger partial charge in [0.05, 0.1) is 33.0 Å². The van der Waals surface area contributed by atoms with E-state index in [9.17, 15) is 0 Å². The second kappa shape index (κ2) is 13.9. The predicted octanol–water partition coefficient (Wildman–Crippen LogP) is 1.83. The average Bonchev–Trinajstić information content (AvgIpc) is 2.30. The molecule has 0 aromatic heterocycles. The van der Waals surface area contributed by atoms with Crippen molar-refractivity contribution in [3.63, 3.8) is 0 Å². The van der Waals surface area contributed by atoms with E-state index in [0.717, 1.165) is 26.2 Å². The van der Waals surface area contributed by atoms with Crippen LogP contribution in [-0.4, -0.2) is 52.2 Å². The maximum absolute atomic E-state index is 5.40. The quantitative estimate of drug-likeness (QED) is 0.504. The zero-order valence-corrected chi connectivity index (χ0v) is 11.7. The molecule has 4 nitrogen and oxygen atoms in total. The van der Waals surface area contributed by atoms with E-state index in [0.29, 0.717) is 32.5 Å². The molecule has 0 aliphatic heterocycles. The second-order valence-corrected chi connectivity index (χ2v) is 4.30. The van der Waals surface area contributed by atoms with Crippen molar-refractivity contribution in [1.82, 2.24) is 5.32 Å². The molecule has 0 spiro atoms. The largest absolute Gasteiger partial charge is 0.379 e. The Kier molecular flexibility index (Phi) is 13.8. The summed E-state index contributed by atoms with van der Waals surface area (Å²) in [6, 6.07) is 0.523. The van der Waals surface area contributed by atoms with E-state index in [1.807, 2.05) is 0 Å². The highest BCUT2D eigenvalue weighted by Gasteiger charge is 1.93. The van der Waals surface area contributed by atoms with Crippen molar-refractivity contribution < 1.29 is 14.2 Å². The summed E-state index contributed by atoms with van der Waals surface area (Å²) in [4.78, 5) is 0. The first-order valence-electron chi connectivity index (χ1n) is 6.74. The van der Waals surface area contributed by atoms with Crippen molar-refractivity contribution in [3.8, 4) is 0 Å². The van der Waals surface area contributed by atoms with Crippen LogP contribution in [0.4, 0.5) is 0 Å². The van der Waals surface area contributed by atoms with Gasteiger partial charge in [0, 0.05) is 19.2 Å². The van der Waals surface area contributed by atoms with Crippen LogP contribution in [0.25, 0.3) is 0 Å². The monoisotopic (exact) mass is 247 g/mol. The lowest BCUT2D eigenvalue weighted by Gasteiger charge is -2.09. The lowest BCUT2D eigenvalue weighted by atomic mass is 10.4. The Bertz CT molecular complexity index is 143. The highest BCUT2D eigenvalue weighted by Crippen LogP contribution is 1.88. The molecule has 0 unspecified atom stereocenters. The lowest BCUT2D eigenvalue weighted by Crippen LogP contribution is -2.27. The Labute approximate surface area is 106 Å². The molecule has 0 bridgehead atoms. The van der Waals surface area contributed by atoms with Gasteiger partial charge in [0.25, 0.3) is 0 Å². The number of unbranched alkanes of at least 4 members (excludes halogenated alkanes) is 1. The summed E-state index contributed by atoms with van der Waals surface area (Å²) in [5.74, 6) is 0. The van der Waals surface area contributed by atoms with Crippen LogP contribution in [0.1, 0.15) is 33.6 Å². The fourth-order valence-electron chi connectivity index (χ4n) is 1.21. The van der Waals surface area contributed by atoms with Gasteiger partial charge in [0.1, 0.15) is 0 Å². The van der Waals surface area contributed by atoms with E-state index in [1.54, 1.807) is 0 Å². The van der Waals surface area contributed by atoms with Crippen LogP contribution >= 0.6 is 0 Å². The molecule has 0 heterocycles. The molecular weight excluding hydrogens is 218 g/mol. The van der Waals surface area contributed by atoms with Crippen LogP contribution in [0.2, 0.25) is 0 Å². The molecule has 0 aliphatic carbocycles. The molecule has 17 heavy (non-hydrogen) atoms. The average molecular weight is 247 g/mol. The summed E-state index contributed by atoms with van der Waals surface area (Å²) in [7, 11) is 0. The molecule has 0 amide bonds. The van der Waals surface area contributed by atoms with Crippen molar-refractivity contribution in [3.05, 3.63) is 0 Å². The molecule has 1 N–H and O–H groups in total. The van der Waals surface area contributed by atoms with E-state index in [-0.39, 0.29) is 0 Å². The maximum Gasteiger partial charge on any atom is 0.0701 e. The molecule has 0 fully saturated rings. The van der Waals surface area contributed by atoms with E-state index < -0.39 is 0 Å². The first kappa shape index (κ1) is 16.8. The van der Waals surface area contributed by atoms with Crippen molar-refractivity contribution in [2.45, 2.75) is 39.7 Å². The fourth-order valence-corrected chi connectivity index (χ4v) is 1.21. The van der Waals surface area contributed by atoms with E-state index >= 15 is 0 Å². The molecule has 0 atom stereocenters. The van der Waals surface area contributed by atoms with Crippen LogP contribution in [0.3, 0.4) is 0 Å². The SMILES string of the molecule is CCCCOCCOCCOCCNC(C)C. The minimum atomic E-state index is 0.523. The third-order valence-corrected chi connectivity index (χ3v) is 2.19. The summed E-state index contributed by atoms with van der Waals surface area (Å²) in [5, 5.41) is 3.29. The van der Waals surface area contributed by atoms with Crippen LogP contribution in [0.15, 0.2) is 0 Å². The highest BCUT2D eigenvalue weighted by molar-refractivity contribution is 4.50. The van der Waals surface area contributed by atoms with E-state index in [2.05, 4.69) is 26.1 Å².